The van der Waals surface area contributed by atoms with Crippen LogP contribution >= 0.6 is 11.8 Å². The quantitative estimate of drug-likeness (QED) is 0.557. The average Bonchev–Trinajstić information content (AvgIpc) is 3.14. The highest BCUT2D eigenvalue weighted by molar-refractivity contribution is 7.99. The average molecular weight is 359 g/mol. The van der Waals surface area contributed by atoms with Crippen LogP contribution in [0.2, 0.25) is 0 Å². The molecule has 1 aromatic heterocycles. The fourth-order valence-corrected chi connectivity index (χ4v) is 4.07. The van der Waals surface area contributed by atoms with Gasteiger partial charge in [0.1, 0.15) is 0 Å². The number of benzene rings is 1. The van der Waals surface area contributed by atoms with Crippen LogP contribution in [0.4, 0.5) is 5.69 Å². The third-order valence-electron chi connectivity index (χ3n) is 4.67. The molecule has 1 heterocycles. The lowest BCUT2D eigenvalue weighted by molar-refractivity contribution is -0.118. The van der Waals surface area contributed by atoms with Crippen molar-refractivity contribution in [3.05, 3.63) is 30.3 Å². The van der Waals surface area contributed by atoms with Crippen molar-refractivity contribution in [2.45, 2.75) is 56.1 Å². The first-order chi connectivity index (χ1) is 12.3. The molecule has 2 aromatic rings. The number of anilines is 1. The minimum atomic E-state index is 0.138. The predicted octanol–water partition coefficient (Wildman–Crippen LogP) is 3.71. The van der Waals surface area contributed by atoms with E-state index in [0.29, 0.717) is 12.5 Å². The van der Waals surface area contributed by atoms with E-state index in [1.807, 2.05) is 42.1 Å². The molecule has 7 heteroatoms. The van der Waals surface area contributed by atoms with E-state index in [1.54, 1.807) is 16.7 Å². The summed E-state index contributed by atoms with van der Waals surface area (Å²) in [6.07, 6.45) is 7.52. The molecule has 1 saturated carbocycles. The normalized spacial score (nSPS) is 15.2. The van der Waals surface area contributed by atoms with Crippen molar-refractivity contribution in [1.82, 2.24) is 20.2 Å². The second kappa shape index (κ2) is 8.99. The van der Waals surface area contributed by atoms with Gasteiger partial charge < -0.3 is 4.90 Å². The number of amides is 1. The number of carbonyl (C=O) groups is 1. The van der Waals surface area contributed by atoms with E-state index in [0.717, 1.165) is 23.0 Å². The highest BCUT2D eigenvalue weighted by Gasteiger charge is 2.20. The molecule has 0 bridgehead atoms. The number of para-hydroxylation sites is 1. The van der Waals surface area contributed by atoms with E-state index >= 15 is 0 Å². The number of hydrogen-bond donors (Lipinski definition) is 0. The maximum Gasteiger partial charge on any atom is 0.226 e. The Morgan fingerprint density at radius 3 is 2.76 bits per heavy atom. The van der Waals surface area contributed by atoms with Gasteiger partial charge >= 0.3 is 0 Å². The molecule has 1 aliphatic rings. The van der Waals surface area contributed by atoms with Crippen LogP contribution in [-0.4, -0.2) is 38.9 Å². The van der Waals surface area contributed by atoms with E-state index < -0.39 is 0 Å². The van der Waals surface area contributed by atoms with Crippen LogP contribution in [0.3, 0.4) is 0 Å². The summed E-state index contributed by atoms with van der Waals surface area (Å²) >= 11 is 1.65. The summed E-state index contributed by atoms with van der Waals surface area (Å²) < 4.78 is 1.99. The van der Waals surface area contributed by atoms with Gasteiger partial charge in [0.15, 0.2) is 0 Å². The lowest BCUT2D eigenvalue weighted by Crippen LogP contribution is -2.25. The minimum Gasteiger partial charge on any atom is -0.316 e. The van der Waals surface area contributed by atoms with Gasteiger partial charge in [-0.15, -0.1) is 5.10 Å². The fourth-order valence-electron chi connectivity index (χ4n) is 3.19. The van der Waals surface area contributed by atoms with Crippen molar-refractivity contribution < 1.29 is 4.79 Å². The Balaban J connectivity index is 1.44. The monoisotopic (exact) mass is 359 g/mol. The number of rotatable bonds is 7. The van der Waals surface area contributed by atoms with E-state index in [2.05, 4.69) is 15.5 Å². The van der Waals surface area contributed by atoms with Crippen molar-refractivity contribution in [2.75, 3.05) is 17.7 Å². The molecule has 0 atom stereocenters. The zero-order valence-electron chi connectivity index (χ0n) is 14.7. The Bertz CT molecular complexity index is 669. The molecule has 0 unspecified atom stereocenters. The Morgan fingerprint density at radius 2 is 2.00 bits per heavy atom. The molecule has 25 heavy (non-hydrogen) atoms. The van der Waals surface area contributed by atoms with Crippen LogP contribution in [0, 0.1) is 0 Å². The summed E-state index contributed by atoms with van der Waals surface area (Å²) in [6, 6.07) is 10.2. The zero-order valence-corrected chi connectivity index (χ0v) is 15.5. The first-order valence-corrected chi connectivity index (χ1v) is 9.96. The molecule has 1 fully saturated rings. The molecule has 0 N–H and O–H groups in total. The Kier molecular flexibility index (Phi) is 6.44. The summed E-state index contributed by atoms with van der Waals surface area (Å²) in [5.41, 5.74) is 0.932. The maximum absolute atomic E-state index is 12.3. The van der Waals surface area contributed by atoms with Gasteiger partial charge in [-0.2, -0.15) is 0 Å². The molecule has 1 aromatic carbocycles. The van der Waals surface area contributed by atoms with Crippen LogP contribution in [0.25, 0.3) is 0 Å². The second-order valence-corrected chi connectivity index (χ2v) is 7.50. The summed E-state index contributed by atoms with van der Waals surface area (Å²) in [6.45, 7) is 0. The van der Waals surface area contributed by atoms with Crippen LogP contribution in [0.15, 0.2) is 35.5 Å². The van der Waals surface area contributed by atoms with Crippen molar-refractivity contribution in [3.63, 3.8) is 0 Å². The Hall–Kier alpha value is -1.89. The highest BCUT2D eigenvalue weighted by Crippen LogP contribution is 2.30. The first kappa shape index (κ1) is 17.9. The molecule has 0 saturated heterocycles. The molecule has 6 nitrogen and oxygen atoms in total. The number of tetrazole rings is 1. The molecule has 1 amide bonds. The molecule has 3 rings (SSSR count). The smallest absolute Gasteiger partial charge is 0.226 e. The maximum atomic E-state index is 12.3. The third-order valence-corrected chi connectivity index (χ3v) is 5.69. The van der Waals surface area contributed by atoms with Crippen molar-refractivity contribution in [3.8, 4) is 0 Å². The summed E-state index contributed by atoms with van der Waals surface area (Å²) in [7, 11) is 1.83. The van der Waals surface area contributed by atoms with Crippen LogP contribution in [-0.2, 0) is 4.79 Å². The van der Waals surface area contributed by atoms with Gasteiger partial charge in [0.2, 0.25) is 11.1 Å². The standard InChI is InChI=1S/C18H25N5OS/c1-22(15-9-4-2-5-10-15)17(24)13-8-14-25-18-19-20-21-23(18)16-11-6-3-7-12-16/h2,4-5,9-10,16H,3,6-8,11-14H2,1H3. The first-order valence-electron chi connectivity index (χ1n) is 8.98. The SMILES string of the molecule is CN(C(=O)CCCSc1nnnn1C1CCCCC1)c1ccccc1. The van der Waals surface area contributed by atoms with Crippen LogP contribution < -0.4 is 4.90 Å². The van der Waals surface area contributed by atoms with Gasteiger partial charge in [-0.05, 0) is 41.8 Å². The van der Waals surface area contributed by atoms with Crippen molar-refractivity contribution in [1.29, 1.82) is 0 Å². The van der Waals surface area contributed by atoms with Gasteiger partial charge in [-0.25, -0.2) is 4.68 Å². The number of carbonyl (C=O) groups excluding carboxylic acids is 1. The van der Waals surface area contributed by atoms with E-state index in [-0.39, 0.29) is 5.91 Å². The molecule has 0 spiro atoms. The Morgan fingerprint density at radius 1 is 1.24 bits per heavy atom. The van der Waals surface area contributed by atoms with E-state index in [9.17, 15) is 4.79 Å². The number of nitrogens with zero attached hydrogens (tertiary/aromatic N) is 5. The van der Waals surface area contributed by atoms with Crippen molar-refractivity contribution in [2.24, 2.45) is 0 Å². The molecular formula is C18H25N5OS. The van der Waals surface area contributed by atoms with E-state index in [4.69, 9.17) is 0 Å². The molecule has 0 radical (unpaired) electrons. The number of thioether (sulfide) groups is 1. The van der Waals surface area contributed by atoms with Gasteiger partial charge in [0.25, 0.3) is 0 Å². The molecule has 0 aliphatic heterocycles. The summed E-state index contributed by atoms with van der Waals surface area (Å²) in [4.78, 5) is 14.0. The van der Waals surface area contributed by atoms with Gasteiger partial charge in [-0.1, -0.05) is 49.2 Å². The van der Waals surface area contributed by atoms with Gasteiger partial charge in [-0.3, -0.25) is 4.79 Å². The van der Waals surface area contributed by atoms with Crippen LogP contribution in [0.1, 0.15) is 51.0 Å². The lowest BCUT2D eigenvalue weighted by atomic mass is 9.96. The van der Waals surface area contributed by atoms with Gasteiger partial charge in [0.05, 0.1) is 6.04 Å². The number of hydrogen-bond acceptors (Lipinski definition) is 5. The lowest BCUT2D eigenvalue weighted by Gasteiger charge is -2.22. The highest BCUT2D eigenvalue weighted by atomic mass is 32.2. The van der Waals surface area contributed by atoms with Crippen molar-refractivity contribution >= 4 is 23.4 Å². The summed E-state index contributed by atoms with van der Waals surface area (Å²) in [5.74, 6) is 0.986. The van der Waals surface area contributed by atoms with E-state index in [1.165, 1.54) is 32.1 Å². The molecular weight excluding hydrogens is 334 g/mol. The largest absolute Gasteiger partial charge is 0.316 e. The van der Waals surface area contributed by atoms with Crippen LogP contribution in [0.5, 0.6) is 0 Å². The predicted molar refractivity (Wildman–Crippen MR) is 99.7 cm³/mol. The Labute approximate surface area is 153 Å². The van der Waals surface area contributed by atoms with Gasteiger partial charge in [0, 0.05) is 24.9 Å². The molecule has 1 aliphatic carbocycles. The topological polar surface area (TPSA) is 63.9 Å². The zero-order chi connectivity index (χ0) is 17.5. The minimum absolute atomic E-state index is 0.138. The molecule has 134 valence electrons. The third kappa shape index (κ3) is 4.81. The fraction of sp³-hybridized carbons (Fsp3) is 0.556. The summed E-state index contributed by atoms with van der Waals surface area (Å²) in [5, 5.41) is 13.1. The second-order valence-electron chi connectivity index (χ2n) is 6.44. The number of aromatic nitrogens is 4.